The Morgan fingerprint density at radius 2 is 1.88 bits per heavy atom. The third kappa shape index (κ3) is 9.13. The number of unbranched alkanes of at least 4 members (excludes halogenated alkanes) is 3. The van der Waals surface area contributed by atoms with Crippen LogP contribution in [0.5, 0.6) is 0 Å². The quantitative estimate of drug-likeness (QED) is 0.554. The molecule has 0 heterocycles. The molecular weight excluding hydrogens is 202 g/mol. The SMILES string of the molecule is CCCCCCC(C)OCC(COC)NC. The van der Waals surface area contributed by atoms with E-state index in [0.717, 1.165) is 6.61 Å². The number of nitrogens with one attached hydrogen (secondary N) is 1. The Bertz CT molecular complexity index is 142. The zero-order valence-corrected chi connectivity index (χ0v) is 11.4. The summed E-state index contributed by atoms with van der Waals surface area (Å²) < 4.78 is 10.9. The molecule has 0 aromatic heterocycles. The fourth-order valence-corrected chi connectivity index (χ4v) is 1.64. The molecule has 0 bridgehead atoms. The lowest BCUT2D eigenvalue weighted by Gasteiger charge is -2.19. The van der Waals surface area contributed by atoms with Gasteiger partial charge in [-0.3, -0.25) is 0 Å². The Balaban J connectivity index is 3.43. The molecule has 1 N–H and O–H groups in total. The molecule has 0 radical (unpaired) electrons. The average Bonchev–Trinajstić information content (AvgIpc) is 2.30. The van der Waals surface area contributed by atoms with Crippen LogP contribution in [-0.4, -0.2) is 39.5 Å². The van der Waals surface area contributed by atoms with Crippen LogP contribution >= 0.6 is 0 Å². The van der Waals surface area contributed by atoms with Gasteiger partial charge in [0.25, 0.3) is 0 Å². The number of likely N-dealkylation sites (N-methyl/N-ethyl adjacent to an activating group) is 1. The van der Waals surface area contributed by atoms with Gasteiger partial charge in [-0.15, -0.1) is 0 Å². The highest BCUT2D eigenvalue weighted by Crippen LogP contribution is 2.08. The molecule has 2 atom stereocenters. The first kappa shape index (κ1) is 15.9. The van der Waals surface area contributed by atoms with Gasteiger partial charge in [0.1, 0.15) is 0 Å². The molecule has 0 amide bonds. The van der Waals surface area contributed by atoms with Crippen LogP contribution in [0.1, 0.15) is 46.0 Å². The summed E-state index contributed by atoms with van der Waals surface area (Å²) in [5.41, 5.74) is 0. The first-order chi connectivity index (χ1) is 7.74. The van der Waals surface area contributed by atoms with E-state index in [1.807, 2.05) is 7.05 Å². The van der Waals surface area contributed by atoms with Crippen molar-refractivity contribution in [1.29, 1.82) is 0 Å². The maximum Gasteiger partial charge on any atom is 0.0645 e. The van der Waals surface area contributed by atoms with E-state index in [1.165, 1.54) is 32.1 Å². The van der Waals surface area contributed by atoms with Gasteiger partial charge in [0.05, 0.1) is 25.4 Å². The minimum absolute atomic E-state index is 0.308. The van der Waals surface area contributed by atoms with Crippen LogP contribution in [0.4, 0.5) is 0 Å². The van der Waals surface area contributed by atoms with Crippen LogP contribution in [0.15, 0.2) is 0 Å². The van der Waals surface area contributed by atoms with Crippen molar-refractivity contribution in [2.75, 3.05) is 27.4 Å². The van der Waals surface area contributed by atoms with Crippen molar-refractivity contribution < 1.29 is 9.47 Å². The van der Waals surface area contributed by atoms with E-state index in [9.17, 15) is 0 Å². The number of hydrogen-bond donors (Lipinski definition) is 1. The highest BCUT2D eigenvalue weighted by atomic mass is 16.5. The van der Waals surface area contributed by atoms with Crippen molar-refractivity contribution in [2.45, 2.75) is 58.1 Å². The molecule has 0 rings (SSSR count). The summed E-state index contributed by atoms with van der Waals surface area (Å²) in [6.45, 7) is 5.84. The molecule has 0 aliphatic carbocycles. The van der Waals surface area contributed by atoms with Crippen LogP contribution in [0.2, 0.25) is 0 Å². The molecule has 98 valence electrons. The molecule has 3 heteroatoms. The number of ether oxygens (including phenoxy) is 2. The predicted octanol–water partition coefficient (Wildman–Crippen LogP) is 2.60. The van der Waals surface area contributed by atoms with Gasteiger partial charge in [0, 0.05) is 7.11 Å². The zero-order valence-electron chi connectivity index (χ0n) is 11.4. The molecule has 0 aromatic carbocycles. The first-order valence-corrected chi connectivity index (χ1v) is 6.52. The summed E-state index contributed by atoms with van der Waals surface area (Å²) >= 11 is 0. The second kappa shape index (κ2) is 11.4. The van der Waals surface area contributed by atoms with Crippen molar-refractivity contribution in [1.82, 2.24) is 5.32 Å². The van der Waals surface area contributed by atoms with Gasteiger partial charge in [-0.1, -0.05) is 32.6 Å². The second-order valence-electron chi connectivity index (χ2n) is 4.43. The smallest absolute Gasteiger partial charge is 0.0645 e. The molecule has 0 saturated heterocycles. The van der Waals surface area contributed by atoms with Crippen molar-refractivity contribution in [3.8, 4) is 0 Å². The van der Waals surface area contributed by atoms with Gasteiger partial charge in [0.2, 0.25) is 0 Å². The Labute approximate surface area is 101 Å². The first-order valence-electron chi connectivity index (χ1n) is 6.52. The molecule has 3 nitrogen and oxygen atoms in total. The minimum Gasteiger partial charge on any atom is -0.383 e. The lowest BCUT2D eigenvalue weighted by molar-refractivity contribution is 0.0269. The zero-order chi connectivity index (χ0) is 12.2. The average molecular weight is 231 g/mol. The van der Waals surface area contributed by atoms with Gasteiger partial charge in [-0.05, 0) is 20.4 Å². The summed E-state index contributed by atoms with van der Waals surface area (Å²) in [6, 6.07) is 0.308. The summed E-state index contributed by atoms with van der Waals surface area (Å²) in [5, 5.41) is 3.18. The molecule has 0 saturated carbocycles. The van der Waals surface area contributed by atoms with Crippen LogP contribution in [-0.2, 0) is 9.47 Å². The van der Waals surface area contributed by atoms with E-state index in [0.29, 0.717) is 18.8 Å². The van der Waals surface area contributed by atoms with Crippen molar-refractivity contribution in [2.24, 2.45) is 0 Å². The van der Waals surface area contributed by atoms with Gasteiger partial charge in [0.15, 0.2) is 0 Å². The molecule has 0 spiro atoms. The van der Waals surface area contributed by atoms with Crippen molar-refractivity contribution in [3.05, 3.63) is 0 Å². The van der Waals surface area contributed by atoms with Crippen LogP contribution in [0, 0.1) is 0 Å². The van der Waals surface area contributed by atoms with Crippen LogP contribution in [0.25, 0.3) is 0 Å². The van der Waals surface area contributed by atoms with E-state index in [4.69, 9.17) is 9.47 Å². The summed E-state index contributed by atoms with van der Waals surface area (Å²) in [4.78, 5) is 0. The number of hydrogen-bond acceptors (Lipinski definition) is 3. The van der Waals surface area contributed by atoms with E-state index < -0.39 is 0 Å². The number of methoxy groups -OCH3 is 1. The van der Waals surface area contributed by atoms with Crippen molar-refractivity contribution in [3.63, 3.8) is 0 Å². The molecule has 2 unspecified atom stereocenters. The summed E-state index contributed by atoms with van der Waals surface area (Å²) in [7, 11) is 3.66. The lowest BCUT2D eigenvalue weighted by Crippen LogP contribution is -2.35. The Hall–Kier alpha value is -0.120. The van der Waals surface area contributed by atoms with Gasteiger partial charge >= 0.3 is 0 Å². The summed E-state index contributed by atoms with van der Waals surface area (Å²) in [5.74, 6) is 0. The molecule has 0 fully saturated rings. The summed E-state index contributed by atoms with van der Waals surface area (Å²) in [6.07, 6.45) is 6.79. The largest absolute Gasteiger partial charge is 0.383 e. The highest BCUT2D eigenvalue weighted by molar-refractivity contribution is 4.63. The second-order valence-corrected chi connectivity index (χ2v) is 4.43. The Kier molecular flexibility index (Phi) is 11.3. The fraction of sp³-hybridized carbons (Fsp3) is 1.00. The lowest BCUT2D eigenvalue weighted by atomic mass is 10.1. The van der Waals surface area contributed by atoms with E-state index in [-0.39, 0.29) is 0 Å². The molecule has 0 aliphatic rings. The Morgan fingerprint density at radius 1 is 1.12 bits per heavy atom. The monoisotopic (exact) mass is 231 g/mol. The van der Waals surface area contributed by atoms with Crippen LogP contribution < -0.4 is 5.32 Å². The molecule has 16 heavy (non-hydrogen) atoms. The topological polar surface area (TPSA) is 30.5 Å². The third-order valence-corrected chi connectivity index (χ3v) is 2.82. The van der Waals surface area contributed by atoms with E-state index in [2.05, 4.69) is 19.2 Å². The minimum atomic E-state index is 0.308. The van der Waals surface area contributed by atoms with Gasteiger partial charge < -0.3 is 14.8 Å². The molecule has 0 aromatic rings. The molecular formula is C13H29NO2. The normalized spacial score (nSPS) is 15.0. The van der Waals surface area contributed by atoms with E-state index in [1.54, 1.807) is 7.11 Å². The van der Waals surface area contributed by atoms with Gasteiger partial charge in [-0.2, -0.15) is 0 Å². The Morgan fingerprint density at radius 3 is 2.44 bits per heavy atom. The maximum atomic E-state index is 5.79. The maximum absolute atomic E-state index is 5.79. The third-order valence-electron chi connectivity index (χ3n) is 2.82. The predicted molar refractivity (Wildman–Crippen MR) is 68.9 cm³/mol. The highest BCUT2D eigenvalue weighted by Gasteiger charge is 2.08. The molecule has 0 aliphatic heterocycles. The van der Waals surface area contributed by atoms with Crippen LogP contribution in [0.3, 0.4) is 0 Å². The van der Waals surface area contributed by atoms with E-state index >= 15 is 0 Å². The van der Waals surface area contributed by atoms with Crippen molar-refractivity contribution >= 4 is 0 Å². The van der Waals surface area contributed by atoms with Gasteiger partial charge in [-0.25, -0.2) is 0 Å². The standard InChI is InChI=1S/C13H29NO2/c1-5-6-7-8-9-12(2)16-11-13(14-3)10-15-4/h12-14H,5-11H2,1-4H3. The fourth-order valence-electron chi connectivity index (χ4n) is 1.64. The number of rotatable bonds is 11.